The van der Waals surface area contributed by atoms with E-state index >= 15 is 0 Å². The average Bonchev–Trinajstić information content (AvgIpc) is 2.33. The highest BCUT2D eigenvalue weighted by Gasteiger charge is 2.09. The van der Waals surface area contributed by atoms with E-state index in [1.807, 2.05) is 0 Å². The standard InChI is InChI=1S/C11H18N2O4/c12-10(14)2-3-11(15)17-7-1-4-13-5-8-16-9-6-13/h2-3H,1,4-9H2,(H2,12,14). The molecule has 6 heteroatoms. The van der Waals surface area contributed by atoms with E-state index in [0.717, 1.165) is 51.4 Å². The molecule has 6 nitrogen and oxygen atoms in total. The summed E-state index contributed by atoms with van der Waals surface area (Å²) >= 11 is 0. The van der Waals surface area contributed by atoms with Gasteiger partial charge >= 0.3 is 5.97 Å². The molecule has 0 unspecified atom stereocenters. The predicted molar refractivity (Wildman–Crippen MR) is 61.2 cm³/mol. The first-order chi connectivity index (χ1) is 8.18. The second-order valence-electron chi connectivity index (χ2n) is 3.71. The number of carbonyl (C=O) groups is 2. The molecule has 17 heavy (non-hydrogen) atoms. The van der Waals surface area contributed by atoms with Gasteiger partial charge in [0.25, 0.3) is 0 Å². The fraction of sp³-hybridized carbons (Fsp3) is 0.636. The minimum atomic E-state index is -0.657. The normalized spacial score (nSPS) is 17.2. The fourth-order valence-corrected chi connectivity index (χ4v) is 1.48. The van der Waals surface area contributed by atoms with Crippen LogP contribution in [0.1, 0.15) is 6.42 Å². The molecule has 0 bridgehead atoms. The van der Waals surface area contributed by atoms with E-state index in [1.165, 1.54) is 0 Å². The fourth-order valence-electron chi connectivity index (χ4n) is 1.48. The number of nitrogens with two attached hydrogens (primary N) is 1. The van der Waals surface area contributed by atoms with E-state index in [9.17, 15) is 9.59 Å². The van der Waals surface area contributed by atoms with Crippen molar-refractivity contribution >= 4 is 11.9 Å². The van der Waals surface area contributed by atoms with Gasteiger partial charge in [-0.25, -0.2) is 4.79 Å². The maximum absolute atomic E-state index is 11.0. The number of ether oxygens (including phenoxy) is 2. The number of morpholine rings is 1. The number of hydrogen-bond donors (Lipinski definition) is 1. The Labute approximate surface area is 100 Å². The van der Waals surface area contributed by atoms with Crippen molar-refractivity contribution in [2.45, 2.75) is 6.42 Å². The van der Waals surface area contributed by atoms with Crippen LogP contribution in [0.25, 0.3) is 0 Å². The van der Waals surface area contributed by atoms with Crippen LogP contribution in [-0.2, 0) is 19.1 Å². The number of nitrogens with zero attached hydrogens (tertiary/aromatic N) is 1. The number of rotatable bonds is 6. The first kappa shape index (κ1) is 13.7. The summed E-state index contributed by atoms with van der Waals surface area (Å²) < 4.78 is 10.1. The summed E-state index contributed by atoms with van der Waals surface area (Å²) in [6, 6.07) is 0. The van der Waals surface area contributed by atoms with Crippen LogP contribution in [0.15, 0.2) is 12.2 Å². The zero-order chi connectivity index (χ0) is 12.5. The number of carbonyl (C=O) groups excluding carboxylic acids is 2. The first-order valence-corrected chi connectivity index (χ1v) is 5.63. The molecule has 1 aliphatic rings. The lowest BCUT2D eigenvalue weighted by Crippen LogP contribution is -2.37. The Morgan fingerprint density at radius 1 is 1.29 bits per heavy atom. The van der Waals surface area contributed by atoms with Crippen molar-refractivity contribution in [1.29, 1.82) is 0 Å². The summed E-state index contributed by atoms with van der Waals surface area (Å²) in [5.41, 5.74) is 4.84. The molecule has 0 aromatic carbocycles. The SMILES string of the molecule is NC(=O)C=CC(=O)OCCCN1CCOCC1. The Balaban J connectivity index is 2.03. The molecule has 0 saturated carbocycles. The molecule has 1 heterocycles. The smallest absolute Gasteiger partial charge is 0.330 e. The monoisotopic (exact) mass is 242 g/mol. The molecular formula is C11H18N2O4. The first-order valence-electron chi connectivity index (χ1n) is 5.63. The summed E-state index contributed by atoms with van der Waals surface area (Å²) in [6.07, 6.45) is 2.80. The zero-order valence-corrected chi connectivity index (χ0v) is 9.76. The minimum absolute atomic E-state index is 0.347. The van der Waals surface area contributed by atoms with Crippen LogP contribution in [-0.4, -0.2) is 56.2 Å². The Morgan fingerprint density at radius 3 is 2.65 bits per heavy atom. The van der Waals surface area contributed by atoms with Gasteiger partial charge in [0.15, 0.2) is 0 Å². The highest BCUT2D eigenvalue weighted by Crippen LogP contribution is 1.98. The number of esters is 1. The molecule has 1 aliphatic heterocycles. The number of hydrogen-bond acceptors (Lipinski definition) is 5. The van der Waals surface area contributed by atoms with Crippen molar-refractivity contribution in [3.05, 3.63) is 12.2 Å². The van der Waals surface area contributed by atoms with Gasteiger partial charge in [0.05, 0.1) is 19.8 Å². The molecule has 96 valence electrons. The van der Waals surface area contributed by atoms with Crippen LogP contribution in [0.4, 0.5) is 0 Å². The topological polar surface area (TPSA) is 81.9 Å². The molecule has 0 atom stereocenters. The summed E-state index contributed by atoms with van der Waals surface area (Å²) in [6.45, 7) is 4.61. The Bertz CT molecular complexity index is 285. The maximum Gasteiger partial charge on any atom is 0.330 e. The molecule has 0 aromatic heterocycles. The second-order valence-corrected chi connectivity index (χ2v) is 3.71. The summed E-state index contributed by atoms with van der Waals surface area (Å²) in [7, 11) is 0. The zero-order valence-electron chi connectivity index (χ0n) is 9.76. The lowest BCUT2D eigenvalue weighted by Gasteiger charge is -2.26. The quantitative estimate of drug-likeness (QED) is 0.378. The van der Waals surface area contributed by atoms with Gasteiger partial charge < -0.3 is 15.2 Å². The third kappa shape index (κ3) is 6.70. The van der Waals surface area contributed by atoms with Gasteiger partial charge in [-0.3, -0.25) is 9.69 Å². The van der Waals surface area contributed by atoms with Crippen molar-refractivity contribution < 1.29 is 19.1 Å². The van der Waals surface area contributed by atoms with Gasteiger partial charge in [-0.15, -0.1) is 0 Å². The van der Waals surface area contributed by atoms with Gasteiger partial charge in [0, 0.05) is 31.8 Å². The van der Waals surface area contributed by atoms with Gasteiger partial charge in [-0.2, -0.15) is 0 Å². The predicted octanol–water partition coefficient (Wildman–Crippen LogP) is -0.707. The van der Waals surface area contributed by atoms with Gasteiger partial charge in [-0.1, -0.05) is 0 Å². The lowest BCUT2D eigenvalue weighted by molar-refractivity contribution is -0.138. The van der Waals surface area contributed by atoms with E-state index in [1.54, 1.807) is 0 Å². The highest BCUT2D eigenvalue weighted by atomic mass is 16.5. The van der Waals surface area contributed by atoms with Crippen LogP contribution in [0.2, 0.25) is 0 Å². The summed E-state index contributed by atoms with van der Waals surface area (Å²) in [5, 5.41) is 0. The van der Waals surface area contributed by atoms with E-state index in [2.05, 4.69) is 4.90 Å². The maximum atomic E-state index is 11.0. The molecule has 0 spiro atoms. The van der Waals surface area contributed by atoms with Crippen LogP contribution < -0.4 is 5.73 Å². The molecule has 1 fully saturated rings. The molecule has 0 aromatic rings. The van der Waals surface area contributed by atoms with Crippen LogP contribution in [0.5, 0.6) is 0 Å². The summed E-state index contributed by atoms with van der Waals surface area (Å²) in [5.74, 6) is -1.19. The molecule has 1 rings (SSSR count). The lowest BCUT2D eigenvalue weighted by atomic mass is 10.3. The molecule has 0 aliphatic carbocycles. The Kier molecular flexibility index (Phi) is 6.27. The second kappa shape index (κ2) is 7.81. The molecule has 2 N–H and O–H groups in total. The molecular weight excluding hydrogens is 224 g/mol. The molecule has 0 radical (unpaired) electrons. The van der Waals surface area contributed by atoms with Crippen molar-refractivity contribution in [2.75, 3.05) is 39.5 Å². The van der Waals surface area contributed by atoms with E-state index in [0.29, 0.717) is 6.61 Å². The molecule has 1 amide bonds. The van der Waals surface area contributed by atoms with Crippen LogP contribution >= 0.6 is 0 Å². The van der Waals surface area contributed by atoms with E-state index in [-0.39, 0.29) is 0 Å². The minimum Gasteiger partial charge on any atom is -0.462 e. The largest absolute Gasteiger partial charge is 0.462 e. The van der Waals surface area contributed by atoms with Gasteiger partial charge in [-0.05, 0) is 6.42 Å². The third-order valence-corrected chi connectivity index (χ3v) is 2.35. The Morgan fingerprint density at radius 2 is 2.00 bits per heavy atom. The average molecular weight is 242 g/mol. The number of amides is 1. The van der Waals surface area contributed by atoms with E-state index < -0.39 is 11.9 Å². The van der Waals surface area contributed by atoms with Gasteiger partial charge in [0.2, 0.25) is 5.91 Å². The Hall–Kier alpha value is -1.40. The van der Waals surface area contributed by atoms with E-state index in [4.69, 9.17) is 15.2 Å². The van der Waals surface area contributed by atoms with Crippen LogP contribution in [0, 0.1) is 0 Å². The van der Waals surface area contributed by atoms with Crippen molar-refractivity contribution in [2.24, 2.45) is 5.73 Å². The third-order valence-electron chi connectivity index (χ3n) is 2.35. The summed E-state index contributed by atoms with van der Waals surface area (Å²) in [4.78, 5) is 23.7. The van der Waals surface area contributed by atoms with Crippen molar-refractivity contribution in [1.82, 2.24) is 4.90 Å². The molecule has 1 saturated heterocycles. The number of primary amides is 1. The highest BCUT2D eigenvalue weighted by molar-refractivity contribution is 5.93. The van der Waals surface area contributed by atoms with Crippen molar-refractivity contribution in [3.8, 4) is 0 Å². The van der Waals surface area contributed by atoms with Gasteiger partial charge in [0.1, 0.15) is 0 Å². The van der Waals surface area contributed by atoms with Crippen LogP contribution in [0.3, 0.4) is 0 Å². The van der Waals surface area contributed by atoms with Crippen molar-refractivity contribution in [3.63, 3.8) is 0 Å².